The minimum absolute atomic E-state index is 0.0353. The molecule has 2 N–H and O–H groups in total. The molecule has 0 saturated heterocycles. The van der Waals surface area contributed by atoms with E-state index in [1.807, 2.05) is 0 Å². The van der Waals surface area contributed by atoms with Gasteiger partial charge in [-0.25, -0.2) is 0 Å². The summed E-state index contributed by atoms with van der Waals surface area (Å²) in [6.07, 6.45) is 0. The second-order valence-electron chi connectivity index (χ2n) is 1.89. The summed E-state index contributed by atoms with van der Waals surface area (Å²) in [5.74, 6) is -0.780. The van der Waals surface area contributed by atoms with Crippen LogP contribution >= 0.6 is 27.3 Å². The third kappa shape index (κ3) is 1.62. The number of rotatable bonds is 2. The Morgan fingerprint density at radius 2 is 2.33 bits per heavy atom. The maximum Gasteiger partial charge on any atom is 0.294 e. The number of amides is 1. The topological polar surface area (TPSA) is 86.2 Å². The van der Waals surface area contributed by atoms with Crippen LogP contribution in [0.5, 0.6) is 0 Å². The Hall–Kier alpha value is -0.950. The minimum atomic E-state index is -0.780. The van der Waals surface area contributed by atoms with Gasteiger partial charge in [0.15, 0.2) is 4.88 Å². The van der Waals surface area contributed by atoms with Gasteiger partial charge in [0, 0.05) is 6.07 Å². The van der Waals surface area contributed by atoms with Gasteiger partial charge in [0.05, 0.1) is 8.71 Å². The molecular formula is C5H3BrN2O3S. The number of carbonyl (C=O) groups excluding carboxylic acids is 1. The predicted octanol–water partition coefficient (Wildman–Crippen LogP) is 1.52. The highest BCUT2D eigenvalue weighted by Gasteiger charge is 2.21. The summed E-state index contributed by atoms with van der Waals surface area (Å²) in [4.78, 5) is 20.3. The zero-order valence-corrected chi connectivity index (χ0v) is 8.02. The van der Waals surface area contributed by atoms with Crippen molar-refractivity contribution in [3.63, 3.8) is 0 Å². The van der Waals surface area contributed by atoms with Gasteiger partial charge in [-0.1, -0.05) is 0 Å². The molecule has 12 heavy (non-hydrogen) atoms. The molecule has 0 aromatic carbocycles. The van der Waals surface area contributed by atoms with Gasteiger partial charge >= 0.3 is 0 Å². The maximum absolute atomic E-state index is 10.6. The van der Waals surface area contributed by atoms with Crippen LogP contribution in [0.4, 0.5) is 5.69 Å². The van der Waals surface area contributed by atoms with E-state index in [-0.39, 0.29) is 10.6 Å². The van der Waals surface area contributed by atoms with Gasteiger partial charge in [0.25, 0.3) is 11.6 Å². The molecule has 1 amide bonds. The van der Waals surface area contributed by atoms with E-state index in [0.29, 0.717) is 3.79 Å². The second-order valence-corrected chi connectivity index (χ2v) is 4.32. The lowest BCUT2D eigenvalue weighted by atomic mass is 10.4. The fourth-order valence-electron chi connectivity index (χ4n) is 0.664. The first kappa shape index (κ1) is 9.14. The summed E-state index contributed by atoms with van der Waals surface area (Å²) in [6, 6.07) is 1.25. The van der Waals surface area contributed by atoms with Crippen molar-refractivity contribution >= 4 is 38.9 Å². The molecule has 1 heterocycles. The molecule has 1 aromatic rings. The number of primary amides is 1. The van der Waals surface area contributed by atoms with Crippen LogP contribution in [0.15, 0.2) is 9.85 Å². The molecule has 0 aliphatic carbocycles. The monoisotopic (exact) mass is 250 g/mol. The van der Waals surface area contributed by atoms with Crippen LogP contribution in [0.25, 0.3) is 0 Å². The van der Waals surface area contributed by atoms with Crippen LogP contribution in [-0.4, -0.2) is 10.8 Å². The van der Waals surface area contributed by atoms with Crippen molar-refractivity contribution in [2.24, 2.45) is 5.73 Å². The van der Waals surface area contributed by atoms with Crippen LogP contribution in [0.1, 0.15) is 9.67 Å². The molecule has 1 rings (SSSR count). The first-order valence-corrected chi connectivity index (χ1v) is 4.37. The van der Waals surface area contributed by atoms with Gasteiger partial charge in [-0.3, -0.25) is 14.9 Å². The molecule has 64 valence electrons. The van der Waals surface area contributed by atoms with E-state index in [2.05, 4.69) is 15.9 Å². The largest absolute Gasteiger partial charge is 0.365 e. The second kappa shape index (κ2) is 3.20. The molecule has 0 aliphatic rings. The Kier molecular flexibility index (Phi) is 2.43. The van der Waals surface area contributed by atoms with Crippen molar-refractivity contribution in [2.75, 3.05) is 0 Å². The number of nitrogens with zero attached hydrogens (tertiary/aromatic N) is 1. The number of thiophene rings is 1. The highest BCUT2D eigenvalue weighted by molar-refractivity contribution is 9.11. The molecule has 0 radical (unpaired) electrons. The van der Waals surface area contributed by atoms with Gasteiger partial charge in [0.1, 0.15) is 0 Å². The van der Waals surface area contributed by atoms with Gasteiger partial charge in [-0.2, -0.15) is 0 Å². The third-order valence-corrected chi connectivity index (χ3v) is 2.74. The summed E-state index contributed by atoms with van der Waals surface area (Å²) in [5.41, 5.74) is 4.66. The number of hydrogen-bond donors (Lipinski definition) is 1. The van der Waals surface area contributed by atoms with Crippen molar-refractivity contribution in [3.8, 4) is 0 Å². The molecule has 0 saturated carbocycles. The Bertz CT molecular complexity index is 317. The van der Waals surface area contributed by atoms with E-state index in [1.165, 1.54) is 6.07 Å². The Morgan fingerprint density at radius 3 is 2.67 bits per heavy atom. The number of hydrogen-bond acceptors (Lipinski definition) is 4. The predicted molar refractivity (Wildman–Crippen MR) is 47.2 cm³/mol. The van der Waals surface area contributed by atoms with Gasteiger partial charge in [0.2, 0.25) is 0 Å². The van der Waals surface area contributed by atoms with Gasteiger partial charge in [-0.05, 0) is 15.9 Å². The lowest BCUT2D eigenvalue weighted by Crippen LogP contribution is -2.10. The van der Waals surface area contributed by atoms with Crippen LogP contribution in [0.3, 0.4) is 0 Å². The van der Waals surface area contributed by atoms with E-state index in [1.54, 1.807) is 0 Å². The molecule has 0 fully saturated rings. The molecular weight excluding hydrogens is 248 g/mol. The van der Waals surface area contributed by atoms with Crippen molar-refractivity contribution < 1.29 is 9.72 Å². The van der Waals surface area contributed by atoms with E-state index < -0.39 is 10.8 Å². The van der Waals surface area contributed by atoms with Crippen LogP contribution in [-0.2, 0) is 0 Å². The first-order chi connectivity index (χ1) is 5.52. The fraction of sp³-hybridized carbons (Fsp3) is 0. The lowest BCUT2D eigenvalue weighted by Gasteiger charge is -1.87. The molecule has 0 atom stereocenters. The average Bonchev–Trinajstić information content (AvgIpc) is 2.31. The Morgan fingerprint density at radius 1 is 1.75 bits per heavy atom. The summed E-state index contributed by atoms with van der Waals surface area (Å²) < 4.78 is 0.517. The Labute approximate surface area is 79.5 Å². The average molecular weight is 251 g/mol. The smallest absolute Gasteiger partial charge is 0.294 e. The van der Waals surface area contributed by atoms with Gasteiger partial charge in [-0.15, -0.1) is 11.3 Å². The van der Waals surface area contributed by atoms with Crippen LogP contribution < -0.4 is 5.73 Å². The van der Waals surface area contributed by atoms with Crippen molar-refractivity contribution in [1.82, 2.24) is 0 Å². The van der Waals surface area contributed by atoms with E-state index in [9.17, 15) is 14.9 Å². The molecule has 7 heteroatoms. The Balaban J connectivity index is 3.26. The van der Waals surface area contributed by atoms with Crippen molar-refractivity contribution in [2.45, 2.75) is 0 Å². The fourth-order valence-corrected chi connectivity index (χ4v) is 2.07. The summed E-state index contributed by atoms with van der Waals surface area (Å²) in [5, 5.41) is 10.3. The standard InChI is InChI=1S/C5H3BrN2O3S/c6-3-1-2(8(10)11)4(12-3)5(7)9/h1H,(H2,7,9). The maximum atomic E-state index is 10.6. The zero-order chi connectivity index (χ0) is 9.30. The van der Waals surface area contributed by atoms with E-state index in [4.69, 9.17) is 5.73 Å². The van der Waals surface area contributed by atoms with Crippen LogP contribution in [0, 0.1) is 10.1 Å². The number of nitrogens with two attached hydrogens (primary N) is 1. The molecule has 0 aliphatic heterocycles. The summed E-state index contributed by atoms with van der Waals surface area (Å²) in [7, 11) is 0. The summed E-state index contributed by atoms with van der Waals surface area (Å²) in [6.45, 7) is 0. The van der Waals surface area contributed by atoms with Gasteiger partial charge < -0.3 is 5.73 Å². The number of halogens is 1. The number of carbonyl (C=O) groups is 1. The van der Waals surface area contributed by atoms with E-state index in [0.717, 1.165) is 11.3 Å². The lowest BCUT2D eigenvalue weighted by molar-refractivity contribution is -0.384. The SMILES string of the molecule is NC(=O)c1sc(Br)cc1[N+](=O)[O-]. The molecule has 1 aromatic heterocycles. The zero-order valence-electron chi connectivity index (χ0n) is 5.61. The van der Waals surface area contributed by atoms with E-state index >= 15 is 0 Å². The molecule has 0 spiro atoms. The van der Waals surface area contributed by atoms with Crippen molar-refractivity contribution in [1.29, 1.82) is 0 Å². The minimum Gasteiger partial charge on any atom is -0.365 e. The number of nitro groups is 1. The first-order valence-electron chi connectivity index (χ1n) is 2.76. The normalized spacial score (nSPS) is 9.75. The molecule has 5 nitrogen and oxygen atoms in total. The summed E-state index contributed by atoms with van der Waals surface area (Å²) >= 11 is 3.98. The highest BCUT2D eigenvalue weighted by Crippen LogP contribution is 2.32. The quantitative estimate of drug-likeness (QED) is 0.638. The molecule has 0 unspecified atom stereocenters. The van der Waals surface area contributed by atoms with Crippen LogP contribution in [0.2, 0.25) is 0 Å². The highest BCUT2D eigenvalue weighted by atomic mass is 79.9. The third-order valence-electron chi connectivity index (χ3n) is 1.10. The van der Waals surface area contributed by atoms with Crippen molar-refractivity contribution in [3.05, 3.63) is 24.8 Å². The molecule has 0 bridgehead atoms.